The van der Waals surface area contributed by atoms with Gasteiger partial charge in [0.05, 0.1) is 5.52 Å². The van der Waals surface area contributed by atoms with Crippen LogP contribution in [0.15, 0.2) is 24.3 Å². The van der Waals surface area contributed by atoms with Crippen molar-refractivity contribution in [3.8, 4) is 0 Å². The first-order valence-electron chi connectivity index (χ1n) is 5.42. The smallest absolute Gasteiger partial charge is 0.422 e. The number of nitrogens with one attached hydrogen (secondary N) is 1. The molecule has 0 aliphatic carbocycles. The minimum absolute atomic E-state index is 0.305. The molecule has 0 radical (unpaired) electrons. The van der Waals surface area contributed by atoms with Gasteiger partial charge in [-0.05, 0) is 19.1 Å². The van der Waals surface area contributed by atoms with Gasteiger partial charge in [-0.2, -0.15) is 13.2 Å². The second kappa shape index (κ2) is 4.58. The lowest BCUT2D eigenvalue weighted by Gasteiger charge is -2.28. The second-order valence-corrected chi connectivity index (χ2v) is 4.18. The number of carbonyl (C=O) groups is 1. The Morgan fingerprint density at radius 1 is 1.20 bits per heavy atom. The van der Waals surface area contributed by atoms with Gasteiger partial charge < -0.3 is 10.4 Å². The number of hydrogen-bond donors (Lipinski definition) is 2. The molecule has 1 heterocycles. The monoisotopic (exact) mass is 286 g/mol. The van der Waals surface area contributed by atoms with E-state index in [9.17, 15) is 18.0 Å². The number of halogens is 3. The Bertz CT molecular complexity index is 661. The molecule has 0 aliphatic rings. The minimum atomic E-state index is -5.02. The van der Waals surface area contributed by atoms with Gasteiger partial charge in [0, 0.05) is 0 Å². The van der Waals surface area contributed by atoms with Crippen LogP contribution in [0.5, 0.6) is 0 Å². The van der Waals surface area contributed by atoms with Crippen LogP contribution in [0.25, 0.3) is 11.0 Å². The summed E-state index contributed by atoms with van der Waals surface area (Å²) in [6, 6.07) is 6.41. The lowest BCUT2D eigenvalue weighted by atomic mass is 10.0. The molecule has 1 atom stereocenters. The highest BCUT2D eigenvalue weighted by Crippen LogP contribution is 2.32. The van der Waals surface area contributed by atoms with Gasteiger partial charge in [0.1, 0.15) is 5.52 Å². The van der Waals surface area contributed by atoms with Crippen molar-refractivity contribution in [2.75, 3.05) is 5.32 Å². The fourth-order valence-corrected chi connectivity index (χ4v) is 1.40. The predicted molar refractivity (Wildman–Crippen MR) is 63.1 cm³/mol. The highest BCUT2D eigenvalue weighted by molar-refractivity contribution is 5.83. The molecule has 0 amide bonds. The summed E-state index contributed by atoms with van der Waals surface area (Å²) in [5, 5.41) is 17.7. The number of hydrogen-bond acceptors (Lipinski definition) is 5. The third kappa shape index (κ3) is 2.33. The number of nitrogens with zero attached hydrogens (tertiary/aromatic N) is 3. The Kier molecular flexibility index (Phi) is 3.20. The van der Waals surface area contributed by atoms with E-state index in [0.29, 0.717) is 18.0 Å². The van der Waals surface area contributed by atoms with Crippen molar-refractivity contribution in [2.24, 2.45) is 0 Å². The fraction of sp³-hybridized carbons (Fsp3) is 0.273. The van der Waals surface area contributed by atoms with Crippen molar-refractivity contribution < 1.29 is 23.1 Å². The van der Waals surface area contributed by atoms with Gasteiger partial charge in [0.15, 0.2) is 0 Å². The van der Waals surface area contributed by atoms with E-state index >= 15 is 0 Å². The number of fused-ring (bicyclic) bond motifs is 1. The van der Waals surface area contributed by atoms with Crippen molar-refractivity contribution in [2.45, 2.75) is 18.6 Å². The Morgan fingerprint density at radius 3 is 2.35 bits per heavy atom. The lowest BCUT2D eigenvalue weighted by molar-refractivity contribution is -0.193. The first kappa shape index (κ1) is 14.0. The van der Waals surface area contributed by atoms with Crippen molar-refractivity contribution in [1.82, 2.24) is 15.2 Å². The van der Waals surface area contributed by atoms with E-state index in [2.05, 4.69) is 15.2 Å². The number of benzene rings is 1. The SMILES string of the molecule is CC(Nc1nnc2ccccc2n1)(C(=O)O)C(F)(F)F. The van der Waals surface area contributed by atoms with Crippen molar-refractivity contribution in [3.05, 3.63) is 24.3 Å². The predicted octanol–water partition coefficient (Wildman–Crippen LogP) is 1.84. The quantitative estimate of drug-likeness (QED) is 0.895. The van der Waals surface area contributed by atoms with Gasteiger partial charge in [-0.3, -0.25) is 0 Å². The van der Waals surface area contributed by atoms with E-state index in [1.54, 1.807) is 23.5 Å². The summed E-state index contributed by atoms with van der Waals surface area (Å²) >= 11 is 0. The van der Waals surface area contributed by atoms with Crippen molar-refractivity contribution in [1.29, 1.82) is 0 Å². The first-order chi connectivity index (χ1) is 9.24. The average Bonchev–Trinajstić information content (AvgIpc) is 2.37. The molecule has 2 N–H and O–H groups in total. The molecule has 106 valence electrons. The number of para-hydroxylation sites is 1. The number of aromatic nitrogens is 3. The van der Waals surface area contributed by atoms with Crippen LogP contribution in [0.4, 0.5) is 19.1 Å². The summed E-state index contributed by atoms with van der Waals surface area (Å²) < 4.78 is 38.5. The first-order valence-corrected chi connectivity index (χ1v) is 5.42. The molecule has 1 unspecified atom stereocenters. The molecule has 0 spiro atoms. The van der Waals surface area contributed by atoms with E-state index in [-0.39, 0.29) is 0 Å². The zero-order valence-electron chi connectivity index (χ0n) is 10.1. The number of alkyl halides is 3. The van der Waals surface area contributed by atoms with Crippen LogP contribution in [0.3, 0.4) is 0 Å². The topological polar surface area (TPSA) is 88.0 Å². The van der Waals surface area contributed by atoms with Crippen LogP contribution in [-0.2, 0) is 4.79 Å². The third-order valence-electron chi connectivity index (χ3n) is 2.72. The van der Waals surface area contributed by atoms with Gasteiger partial charge in [-0.15, -0.1) is 10.2 Å². The van der Waals surface area contributed by atoms with Crippen molar-refractivity contribution in [3.63, 3.8) is 0 Å². The Morgan fingerprint density at radius 2 is 1.80 bits per heavy atom. The van der Waals surface area contributed by atoms with Gasteiger partial charge in [-0.1, -0.05) is 12.1 Å². The molecule has 1 aromatic heterocycles. The van der Waals surface area contributed by atoms with E-state index < -0.39 is 23.6 Å². The highest BCUT2D eigenvalue weighted by atomic mass is 19.4. The van der Waals surface area contributed by atoms with E-state index in [1.165, 1.54) is 6.07 Å². The molecule has 0 saturated carbocycles. The van der Waals surface area contributed by atoms with E-state index in [1.807, 2.05) is 0 Å². The fourth-order valence-electron chi connectivity index (χ4n) is 1.40. The molecular weight excluding hydrogens is 277 g/mol. The number of rotatable bonds is 3. The van der Waals surface area contributed by atoms with Crippen LogP contribution in [0.2, 0.25) is 0 Å². The molecular formula is C11H9F3N4O2. The molecule has 0 fully saturated rings. The van der Waals surface area contributed by atoms with Crippen molar-refractivity contribution >= 4 is 23.0 Å². The molecule has 2 rings (SSSR count). The third-order valence-corrected chi connectivity index (χ3v) is 2.72. The minimum Gasteiger partial charge on any atom is -0.479 e. The maximum Gasteiger partial charge on any atom is 0.422 e. The Labute approximate surface area is 110 Å². The largest absolute Gasteiger partial charge is 0.479 e. The molecule has 9 heteroatoms. The number of aliphatic carboxylic acids is 1. The Hall–Kier alpha value is -2.45. The van der Waals surface area contributed by atoms with Crippen LogP contribution in [0, 0.1) is 0 Å². The zero-order chi connectivity index (χ0) is 15.0. The summed E-state index contributed by atoms with van der Waals surface area (Å²) in [6.07, 6.45) is -5.02. The van der Waals surface area contributed by atoms with Gasteiger partial charge in [-0.25, -0.2) is 9.78 Å². The maximum atomic E-state index is 12.8. The van der Waals surface area contributed by atoms with Gasteiger partial charge in [0.25, 0.3) is 0 Å². The Balaban J connectivity index is 2.41. The molecule has 0 bridgehead atoms. The number of anilines is 1. The van der Waals surface area contributed by atoms with Crippen LogP contribution in [0.1, 0.15) is 6.92 Å². The maximum absolute atomic E-state index is 12.8. The van der Waals surface area contributed by atoms with Crippen LogP contribution in [-0.4, -0.2) is 38.0 Å². The lowest BCUT2D eigenvalue weighted by Crippen LogP contribution is -2.56. The van der Waals surface area contributed by atoms with Gasteiger partial charge in [0.2, 0.25) is 11.5 Å². The van der Waals surface area contributed by atoms with Gasteiger partial charge >= 0.3 is 12.1 Å². The molecule has 1 aromatic carbocycles. The molecule has 20 heavy (non-hydrogen) atoms. The number of carboxylic acids is 1. The molecule has 2 aromatic rings. The summed E-state index contributed by atoms with van der Waals surface area (Å²) in [7, 11) is 0. The number of carboxylic acid groups (broad SMARTS) is 1. The normalized spacial score (nSPS) is 14.8. The average molecular weight is 286 g/mol. The standard InChI is InChI=1S/C11H9F3N4O2/c1-10(8(19)20,11(12,13)14)16-9-15-6-4-2-3-5-7(6)17-18-9/h2-5H,1H3,(H,19,20)(H,15,16,18). The van der Waals surface area contributed by atoms with Crippen LogP contribution >= 0.6 is 0 Å². The highest BCUT2D eigenvalue weighted by Gasteiger charge is 2.58. The molecule has 0 saturated heterocycles. The summed E-state index contributed by atoms with van der Waals surface area (Å²) in [4.78, 5) is 14.7. The molecule has 0 aliphatic heterocycles. The van der Waals surface area contributed by atoms with E-state index in [0.717, 1.165) is 0 Å². The summed E-state index contributed by atoms with van der Waals surface area (Å²) in [5.74, 6) is -2.59. The zero-order valence-corrected chi connectivity index (χ0v) is 10.1. The molecule has 6 nitrogen and oxygen atoms in total. The van der Waals surface area contributed by atoms with E-state index in [4.69, 9.17) is 5.11 Å². The summed E-state index contributed by atoms with van der Waals surface area (Å²) in [6.45, 7) is 0.494. The summed E-state index contributed by atoms with van der Waals surface area (Å²) in [5.41, 5.74) is -2.50. The van der Waals surface area contributed by atoms with Crippen LogP contribution < -0.4 is 5.32 Å². The second-order valence-electron chi connectivity index (χ2n) is 4.18.